The van der Waals surface area contributed by atoms with Crippen LogP contribution >= 0.6 is 0 Å². The Morgan fingerprint density at radius 1 is 1.25 bits per heavy atom. The van der Waals surface area contributed by atoms with E-state index in [-0.39, 0.29) is 0 Å². The molecule has 20 heavy (non-hydrogen) atoms. The summed E-state index contributed by atoms with van der Waals surface area (Å²) in [7, 11) is 0. The van der Waals surface area contributed by atoms with Crippen molar-refractivity contribution in [2.75, 3.05) is 5.32 Å². The minimum Gasteiger partial charge on any atom is -0.380 e. The molecule has 3 rings (SSSR count). The van der Waals surface area contributed by atoms with Crippen molar-refractivity contribution in [2.24, 2.45) is 0 Å². The van der Waals surface area contributed by atoms with Crippen LogP contribution in [-0.4, -0.2) is 11.0 Å². The van der Waals surface area contributed by atoms with Crippen LogP contribution in [0.5, 0.6) is 0 Å². The Bertz CT molecular complexity index is 575. The van der Waals surface area contributed by atoms with Crippen molar-refractivity contribution in [3.05, 3.63) is 59.4 Å². The van der Waals surface area contributed by atoms with Crippen LogP contribution in [0.25, 0.3) is 0 Å². The monoisotopic (exact) mass is 266 g/mol. The summed E-state index contributed by atoms with van der Waals surface area (Å²) in [6.45, 7) is 4.43. The largest absolute Gasteiger partial charge is 0.380 e. The molecule has 0 aliphatic carbocycles. The lowest BCUT2D eigenvalue weighted by Gasteiger charge is -2.27. The number of hydrogen-bond acceptors (Lipinski definition) is 2. The van der Waals surface area contributed by atoms with Crippen LogP contribution in [-0.2, 0) is 12.8 Å². The van der Waals surface area contributed by atoms with E-state index in [1.165, 1.54) is 22.5 Å². The third-order valence-corrected chi connectivity index (χ3v) is 4.07. The molecule has 0 saturated heterocycles. The van der Waals surface area contributed by atoms with Gasteiger partial charge in [0.2, 0.25) is 0 Å². The molecular weight excluding hydrogens is 244 g/mol. The first-order valence-corrected chi connectivity index (χ1v) is 7.51. The molecular formula is C18H22N2. The minimum atomic E-state index is 0.522. The lowest BCUT2D eigenvalue weighted by atomic mass is 9.95. The Labute approximate surface area is 121 Å². The molecule has 0 amide bonds. The Hall–Kier alpha value is -1.83. The number of nitrogens with one attached hydrogen (secondary N) is 1. The van der Waals surface area contributed by atoms with Crippen molar-refractivity contribution in [1.82, 2.24) is 4.98 Å². The van der Waals surface area contributed by atoms with Gasteiger partial charge in [-0.25, -0.2) is 0 Å². The van der Waals surface area contributed by atoms with Crippen LogP contribution in [0.4, 0.5) is 5.69 Å². The summed E-state index contributed by atoms with van der Waals surface area (Å²) in [5.41, 5.74) is 5.18. The number of aromatic nitrogens is 1. The van der Waals surface area contributed by atoms with Gasteiger partial charge in [-0.05, 0) is 42.4 Å². The van der Waals surface area contributed by atoms with Gasteiger partial charge in [-0.15, -0.1) is 0 Å². The number of pyridine rings is 1. The molecule has 1 unspecified atom stereocenters. The van der Waals surface area contributed by atoms with Gasteiger partial charge in [0.25, 0.3) is 0 Å². The lowest BCUT2D eigenvalue weighted by Crippen LogP contribution is -2.28. The van der Waals surface area contributed by atoms with E-state index in [0.717, 1.165) is 19.3 Å². The third kappa shape index (κ3) is 2.84. The number of nitrogens with zero attached hydrogens (tertiary/aromatic N) is 1. The maximum atomic E-state index is 4.62. The van der Waals surface area contributed by atoms with Crippen LogP contribution in [0.3, 0.4) is 0 Å². The summed E-state index contributed by atoms with van der Waals surface area (Å²) in [5, 5.41) is 3.68. The molecule has 0 fully saturated rings. The highest BCUT2D eigenvalue weighted by atomic mass is 15.0. The summed E-state index contributed by atoms with van der Waals surface area (Å²) < 4.78 is 0. The number of hydrogen-bond donors (Lipinski definition) is 1. The first kappa shape index (κ1) is 13.2. The molecule has 2 aromatic rings. The van der Waals surface area contributed by atoms with Gasteiger partial charge in [0.15, 0.2) is 0 Å². The van der Waals surface area contributed by atoms with E-state index < -0.39 is 0 Å². The Morgan fingerprint density at radius 2 is 2.05 bits per heavy atom. The van der Waals surface area contributed by atoms with Crippen molar-refractivity contribution in [2.45, 2.75) is 45.1 Å². The first-order valence-electron chi connectivity index (χ1n) is 7.51. The molecule has 2 heterocycles. The van der Waals surface area contributed by atoms with E-state index in [1.807, 2.05) is 6.20 Å². The van der Waals surface area contributed by atoms with Crippen molar-refractivity contribution in [3.63, 3.8) is 0 Å². The van der Waals surface area contributed by atoms with Crippen LogP contribution in [0.2, 0.25) is 0 Å². The zero-order valence-electron chi connectivity index (χ0n) is 12.3. The fraction of sp³-hybridized carbons (Fsp3) is 0.389. The second-order valence-corrected chi connectivity index (χ2v) is 5.99. The molecule has 1 aromatic heterocycles. The topological polar surface area (TPSA) is 24.9 Å². The number of rotatable bonds is 3. The molecule has 2 heteroatoms. The predicted molar refractivity (Wildman–Crippen MR) is 84.2 cm³/mol. The molecule has 2 nitrogen and oxygen atoms in total. The Kier molecular flexibility index (Phi) is 3.72. The second kappa shape index (κ2) is 5.66. The normalized spacial score (nSPS) is 17.6. The molecule has 0 spiro atoms. The van der Waals surface area contributed by atoms with Gasteiger partial charge < -0.3 is 5.32 Å². The van der Waals surface area contributed by atoms with Crippen LogP contribution in [0.15, 0.2) is 42.6 Å². The van der Waals surface area contributed by atoms with E-state index in [1.54, 1.807) is 0 Å². The van der Waals surface area contributed by atoms with Crippen LogP contribution in [0, 0.1) is 0 Å². The number of anilines is 1. The fourth-order valence-electron chi connectivity index (χ4n) is 2.80. The van der Waals surface area contributed by atoms with Crippen molar-refractivity contribution in [1.29, 1.82) is 0 Å². The number of fused-ring (bicyclic) bond motifs is 1. The van der Waals surface area contributed by atoms with Crippen molar-refractivity contribution in [3.8, 4) is 0 Å². The molecule has 104 valence electrons. The summed E-state index contributed by atoms with van der Waals surface area (Å²) in [6, 6.07) is 13.5. The Balaban J connectivity index is 1.75. The second-order valence-electron chi connectivity index (χ2n) is 5.99. The molecule has 0 radical (unpaired) electrons. The van der Waals surface area contributed by atoms with E-state index in [9.17, 15) is 0 Å². The molecule has 1 aromatic carbocycles. The standard InChI is InChI=1S/C18H22N2/c1-13(2)15-11-18-17(19-12-15)9-8-16(20-18)10-14-6-4-3-5-7-14/h3-7,11-13,16,20H,8-10H2,1-2H3. The number of benzene rings is 1. The first-order chi connectivity index (χ1) is 9.72. The highest BCUT2D eigenvalue weighted by Crippen LogP contribution is 2.27. The summed E-state index contributed by atoms with van der Waals surface area (Å²) in [6.07, 6.45) is 5.36. The van der Waals surface area contributed by atoms with E-state index in [4.69, 9.17) is 0 Å². The predicted octanol–water partition coefficient (Wildman–Crippen LogP) is 4.17. The molecule has 0 saturated carbocycles. The van der Waals surface area contributed by atoms with Gasteiger partial charge in [-0.2, -0.15) is 0 Å². The SMILES string of the molecule is CC(C)c1cnc2c(c1)NC(Cc1ccccc1)CC2. The highest BCUT2D eigenvalue weighted by Gasteiger charge is 2.19. The fourth-order valence-corrected chi connectivity index (χ4v) is 2.80. The zero-order valence-corrected chi connectivity index (χ0v) is 12.3. The molecule has 1 aliphatic heterocycles. The smallest absolute Gasteiger partial charge is 0.0635 e. The van der Waals surface area contributed by atoms with Crippen LogP contribution < -0.4 is 5.32 Å². The summed E-state index contributed by atoms with van der Waals surface area (Å²) in [4.78, 5) is 4.62. The Morgan fingerprint density at radius 3 is 2.80 bits per heavy atom. The zero-order chi connectivity index (χ0) is 13.9. The van der Waals surface area contributed by atoms with Gasteiger partial charge in [-0.1, -0.05) is 44.2 Å². The molecule has 0 bridgehead atoms. The lowest BCUT2D eigenvalue weighted by molar-refractivity contribution is 0.617. The van der Waals surface area contributed by atoms with Gasteiger partial charge >= 0.3 is 0 Å². The molecule has 1 N–H and O–H groups in total. The van der Waals surface area contributed by atoms with Gasteiger partial charge in [0.1, 0.15) is 0 Å². The van der Waals surface area contributed by atoms with Gasteiger partial charge in [-0.3, -0.25) is 4.98 Å². The maximum absolute atomic E-state index is 4.62. The van der Waals surface area contributed by atoms with E-state index in [0.29, 0.717) is 12.0 Å². The molecule has 1 aliphatic rings. The van der Waals surface area contributed by atoms with Crippen molar-refractivity contribution < 1.29 is 0 Å². The molecule has 1 atom stereocenters. The minimum absolute atomic E-state index is 0.522. The average molecular weight is 266 g/mol. The summed E-state index contributed by atoms with van der Waals surface area (Å²) >= 11 is 0. The van der Waals surface area contributed by atoms with Crippen LogP contribution in [0.1, 0.15) is 43.0 Å². The third-order valence-electron chi connectivity index (χ3n) is 4.07. The quantitative estimate of drug-likeness (QED) is 0.901. The van der Waals surface area contributed by atoms with Gasteiger partial charge in [0, 0.05) is 12.2 Å². The van der Waals surface area contributed by atoms with Crippen molar-refractivity contribution >= 4 is 5.69 Å². The maximum Gasteiger partial charge on any atom is 0.0635 e. The van der Waals surface area contributed by atoms with Gasteiger partial charge in [0.05, 0.1) is 11.4 Å². The van der Waals surface area contributed by atoms with E-state index >= 15 is 0 Å². The average Bonchev–Trinajstić information content (AvgIpc) is 2.47. The highest BCUT2D eigenvalue weighted by molar-refractivity contribution is 5.53. The summed E-state index contributed by atoms with van der Waals surface area (Å²) in [5.74, 6) is 0.532. The number of aryl methyl sites for hydroxylation is 1. The van der Waals surface area contributed by atoms with E-state index in [2.05, 4.69) is 60.5 Å².